The number of hydrogen-bond donors (Lipinski definition) is 1. The number of nitriles is 1. The van der Waals surface area contributed by atoms with Gasteiger partial charge in [-0.25, -0.2) is 4.52 Å². The molecule has 8 nitrogen and oxygen atoms in total. The van der Waals surface area contributed by atoms with Crippen molar-refractivity contribution in [3.8, 4) is 28.7 Å². The van der Waals surface area contributed by atoms with Crippen LogP contribution in [0.2, 0.25) is 0 Å². The van der Waals surface area contributed by atoms with Gasteiger partial charge in [0.15, 0.2) is 5.65 Å². The maximum atomic E-state index is 11.5. The Morgan fingerprint density at radius 1 is 1.28 bits per heavy atom. The van der Waals surface area contributed by atoms with Crippen LogP contribution in [0.15, 0.2) is 36.5 Å². The quantitative estimate of drug-likeness (QED) is 0.766. The van der Waals surface area contributed by atoms with Gasteiger partial charge in [-0.15, -0.1) is 5.10 Å². The number of pyridine rings is 1. The summed E-state index contributed by atoms with van der Waals surface area (Å²) in [5.74, 6) is 1.10. The maximum absolute atomic E-state index is 11.5. The molecule has 2 heterocycles. The molecule has 2 aromatic heterocycles. The standard InChI is InChI=1S/C17H15N5O3/c1-24-12-4-5-14(25-2)13(9-12)11-3-6-15-19-17(21-22(15)10-11)20-16(23)7-8-18/h3-6,9-10H,7H2,1-2H3,(H,20,21,23). The average Bonchev–Trinajstić information content (AvgIpc) is 3.02. The Balaban J connectivity index is 1.99. The Hall–Kier alpha value is -3.60. The number of nitrogens with one attached hydrogen (secondary N) is 1. The van der Waals surface area contributed by atoms with Crippen molar-refractivity contribution in [3.05, 3.63) is 36.5 Å². The Labute approximate surface area is 143 Å². The van der Waals surface area contributed by atoms with Crippen molar-refractivity contribution in [2.24, 2.45) is 0 Å². The van der Waals surface area contributed by atoms with E-state index in [9.17, 15) is 4.79 Å². The van der Waals surface area contributed by atoms with Crippen molar-refractivity contribution in [2.45, 2.75) is 6.42 Å². The molecule has 1 N–H and O–H groups in total. The lowest BCUT2D eigenvalue weighted by Crippen LogP contribution is -2.11. The Morgan fingerprint density at radius 2 is 2.12 bits per heavy atom. The summed E-state index contributed by atoms with van der Waals surface area (Å²) in [5, 5.41) is 15.2. The van der Waals surface area contributed by atoms with E-state index >= 15 is 0 Å². The van der Waals surface area contributed by atoms with Crippen LogP contribution in [0.4, 0.5) is 5.95 Å². The SMILES string of the molecule is COc1ccc(OC)c(-c2ccc3nc(NC(=O)CC#N)nn3c2)c1. The van der Waals surface area contributed by atoms with Crippen LogP contribution in [0, 0.1) is 11.3 Å². The van der Waals surface area contributed by atoms with Crippen LogP contribution in [0.25, 0.3) is 16.8 Å². The van der Waals surface area contributed by atoms with Crippen molar-refractivity contribution in [1.29, 1.82) is 5.26 Å². The fraction of sp³-hybridized carbons (Fsp3) is 0.176. The summed E-state index contributed by atoms with van der Waals surface area (Å²) >= 11 is 0. The molecule has 0 saturated heterocycles. The van der Waals surface area contributed by atoms with E-state index in [2.05, 4.69) is 15.4 Å². The number of amides is 1. The molecule has 1 amide bonds. The van der Waals surface area contributed by atoms with Crippen molar-refractivity contribution >= 4 is 17.5 Å². The van der Waals surface area contributed by atoms with Gasteiger partial charge in [0, 0.05) is 17.3 Å². The molecule has 25 heavy (non-hydrogen) atoms. The van der Waals surface area contributed by atoms with Gasteiger partial charge in [0.25, 0.3) is 0 Å². The molecule has 0 saturated carbocycles. The van der Waals surface area contributed by atoms with Crippen molar-refractivity contribution < 1.29 is 14.3 Å². The highest BCUT2D eigenvalue weighted by atomic mass is 16.5. The molecule has 126 valence electrons. The Kier molecular flexibility index (Phi) is 4.48. The van der Waals surface area contributed by atoms with Gasteiger partial charge in [-0.05, 0) is 30.3 Å². The number of fused-ring (bicyclic) bond motifs is 1. The van der Waals surface area contributed by atoms with Gasteiger partial charge in [0.2, 0.25) is 11.9 Å². The second kappa shape index (κ2) is 6.88. The van der Waals surface area contributed by atoms with Gasteiger partial charge in [0.1, 0.15) is 17.9 Å². The first-order valence-electron chi connectivity index (χ1n) is 7.40. The third-order valence-electron chi connectivity index (χ3n) is 3.54. The molecule has 3 aromatic rings. The lowest BCUT2D eigenvalue weighted by molar-refractivity contribution is -0.115. The number of carbonyl (C=O) groups excluding carboxylic acids is 1. The van der Waals surface area contributed by atoms with E-state index in [0.29, 0.717) is 17.1 Å². The normalized spacial score (nSPS) is 10.3. The zero-order valence-corrected chi connectivity index (χ0v) is 13.7. The average molecular weight is 337 g/mol. The predicted molar refractivity (Wildman–Crippen MR) is 90.4 cm³/mol. The molecule has 0 bridgehead atoms. The number of methoxy groups -OCH3 is 2. The summed E-state index contributed by atoms with van der Waals surface area (Å²) in [4.78, 5) is 15.7. The number of rotatable bonds is 5. The van der Waals surface area contributed by atoms with Gasteiger partial charge in [-0.1, -0.05) is 0 Å². The molecule has 1 aromatic carbocycles. The number of anilines is 1. The van der Waals surface area contributed by atoms with Crippen molar-refractivity contribution in [1.82, 2.24) is 14.6 Å². The number of benzene rings is 1. The van der Waals surface area contributed by atoms with E-state index in [0.717, 1.165) is 11.1 Å². The minimum absolute atomic E-state index is 0.148. The van der Waals surface area contributed by atoms with Crippen LogP contribution < -0.4 is 14.8 Å². The van der Waals surface area contributed by atoms with Crippen LogP contribution >= 0.6 is 0 Å². The lowest BCUT2D eigenvalue weighted by atomic mass is 10.1. The van der Waals surface area contributed by atoms with Crippen LogP contribution in [0.3, 0.4) is 0 Å². The molecule has 8 heteroatoms. The molecule has 0 aliphatic rings. The van der Waals surface area contributed by atoms with Crippen LogP contribution in [0.1, 0.15) is 6.42 Å². The second-order valence-corrected chi connectivity index (χ2v) is 5.11. The van der Waals surface area contributed by atoms with Crippen molar-refractivity contribution in [2.75, 3.05) is 19.5 Å². The van der Waals surface area contributed by atoms with Crippen LogP contribution in [-0.2, 0) is 4.79 Å². The Morgan fingerprint density at radius 3 is 2.84 bits per heavy atom. The molecular weight excluding hydrogens is 322 g/mol. The maximum Gasteiger partial charge on any atom is 0.249 e. The largest absolute Gasteiger partial charge is 0.497 e. The fourth-order valence-corrected chi connectivity index (χ4v) is 2.38. The van der Waals surface area contributed by atoms with Gasteiger partial charge in [-0.3, -0.25) is 10.1 Å². The van der Waals surface area contributed by atoms with Gasteiger partial charge >= 0.3 is 0 Å². The van der Waals surface area contributed by atoms with E-state index in [4.69, 9.17) is 14.7 Å². The van der Waals surface area contributed by atoms with E-state index < -0.39 is 5.91 Å². The number of carbonyl (C=O) groups is 1. The fourth-order valence-electron chi connectivity index (χ4n) is 2.38. The first-order valence-corrected chi connectivity index (χ1v) is 7.40. The number of ether oxygens (including phenoxy) is 2. The molecule has 3 rings (SSSR count). The van der Waals surface area contributed by atoms with E-state index in [1.807, 2.05) is 24.3 Å². The molecule has 0 unspecified atom stereocenters. The highest BCUT2D eigenvalue weighted by molar-refractivity contribution is 5.90. The zero-order chi connectivity index (χ0) is 17.8. The summed E-state index contributed by atoms with van der Waals surface area (Å²) in [6, 6.07) is 10.9. The van der Waals surface area contributed by atoms with E-state index in [1.165, 1.54) is 0 Å². The first-order chi connectivity index (χ1) is 12.1. The highest BCUT2D eigenvalue weighted by Crippen LogP contribution is 2.33. The molecule has 0 atom stereocenters. The predicted octanol–water partition coefficient (Wildman–Crippen LogP) is 2.27. The van der Waals surface area contributed by atoms with Gasteiger partial charge < -0.3 is 9.47 Å². The molecule has 0 spiro atoms. The minimum Gasteiger partial charge on any atom is -0.497 e. The lowest BCUT2D eigenvalue weighted by Gasteiger charge is -2.10. The van der Waals surface area contributed by atoms with Gasteiger partial charge in [0.05, 0.1) is 20.3 Å². The summed E-state index contributed by atoms with van der Waals surface area (Å²) in [5.41, 5.74) is 2.26. The van der Waals surface area contributed by atoms with E-state index in [1.54, 1.807) is 37.1 Å². The summed E-state index contributed by atoms with van der Waals surface area (Å²) in [6.45, 7) is 0. The van der Waals surface area contributed by atoms with Crippen LogP contribution in [-0.4, -0.2) is 34.7 Å². The topological polar surface area (TPSA) is 102 Å². The minimum atomic E-state index is -0.451. The number of nitrogens with zero attached hydrogens (tertiary/aromatic N) is 4. The highest BCUT2D eigenvalue weighted by Gasteiger charge is 2.11. The summed E-state index contributed by atoms with van der Waals surface area (Å²) in [7, 11) is 3.20. The smallest absolute Gasteiger partial charge is 0.249 e. The monoisotopic (exact) mass is 337 g/mol. The summed E-state index contributed by atoms with van der Waals surface area (Å²) < 4.78 is 12.2. The molecule has 0 fully saturated rings. The summed E-state index contributed by atoms with van der Waals surface area (Å²) in [6.07, 6.45) is 1.53. The number of hydrogen-bond acceptors (Lipinski definition) is 6. The second-order valence-electron chi connectivity index (χ2n) is 5.11. The zero-order valence-electron chi connectivity index (χ0n) is 13.7. The molecule has 0 aliphatic carbocycles. The van der Waals surface area contributed by atoms with Crippen molar-refractivity contribution in [3.63, 3.8) is 0 Å². The molecular formula is C17H15N5O3. The first kappa shape index (κ1) is 16.3. The molecule has 0 aliphatic heterocycles. The van der Waals surface area contributed by atoms with Gasteiger partial charge in [-0.2, -0.15) is 10.2 Å². The van der Waals surface area contributed by atoms with Crippen LogP contribution in [0.5, 0.6) is 11.5 Å². The number of aromatic nitrogens is 3. The van der Waals surface area contributed by atoms with E-state index in [-0.39, 0.29) is 12.4 Å². The third kappa shape index (κ3) is 3.35. The third-order valence-corrected chi connectivity index (χ3v) is 3.54. The molecule has 0 radical (unpaired) electrons. The Bertz CT molecular complexity index is 974.